The predicted molar refractivity (Wildman–Crippen MR) is 91.3 cm³/mol. The van der Waals surface area contributed by atoms with Crippen LogP contribution in [0.4, 0.5) is 8.78 Å². The zero-order chi connectivity index (χ0) is 18.5. The standard InChI is InChI=1S/C18H18F2N4O2/c1-3-25-17-16(14-5-4-6-15(8-14)26-18(19)20)7-13(9-21-17)10-24-11-22-12(2)23-24/h4-9,11,18H,3,10H2,1-2H3. The number of aromatic nitrogens is 4. The smallest absolute Gasteiger partial charge is 0.387 e. The van der Waals surface area contributed by atoms with Gasteiger partial charge in [-0.15, -0.1) is 0 Å². The Kier molecular flexibility index (Phi) is 5.40. The van der Waals surface area contributed by atoms with Crippen molar-refractivity contribution in [3.8, 4) is 22.8 Å². The number of aryl methyl sites for hydroxylation is 1. The molecule has 0 bridgehead atoms. The van der Waals surface area contributed by atoms with Gasteiger partial charge in [-0.05, 0) is 43.2 Å². The first-order valence-electron chi connectivity index (χ1n) is 8.08. The molecule has 2 heterocycles. The van der Waals surface area contributed by atoms with Crippen molar-refractivity contribution in [2.24, 2.45) is 0 Å². The summed E-state index contributed by atoms with van der Waals surface area (Å²) in [6.45, 7) is 1.72. The third kappa shape index (κ3) is 4.33. The van der Waals surface area contributed by atoms with Gasteiger partial charge in [0.2, 0.25) is 5.88 Å². The minimum absolute atomic E-state index is 0.0808. The Bertz CT molecular complexity index is 883. The van der Waals surface area contributed by atoms with Gasteiger partial charge in [-0.1, -0.05) is 12.1 Å². The lowest BCUT2D eigenvalue weighted by Crippen LogP contribution is -2.04. The largest absolute Gasteiger partial charge is 0.478 e. The highest BCUT2D eigenvalue weighted by Crippen LogP contribution is 2.32. The van der Waals surface area contributed by atoms with Gasteiger partial charge in [-0.3, -0.25) is 0 Å². The summed E-state index contributed by atoms with van der Waals surface area (Å²) in [7, 11) is 0. The molecule has 8 heteroatoms. The van der Waals surface area contributed by atoms with Crippen molar-refractivity contribution in [2.75, 3.05) is 6.61 Å². The van der Waals surface area contributed by atoms with Crippen molar-refractivity contribution in [1.29, 1.82) is 0 Å². The summed E-state index contributed by atoms with van der Waals surface area (Å²) in [5.41, 5.74) is 2.25. The van der Waals surface area contributed by atoms with Crippen molar-refractivity contribution in [1.82, 2.24) is 19.7 Å². The summed E-state index contributed by atoms with van der Waals surface area (Å²) in [5.74, 6) is 1.19. The van der Waals surface area contributed by atoms with Crippen molar-refractivity contribution < 1.29 is 18.3 Å². The molecule has 3 aromatic rings. The summed E-state index contributed by atoms with van der Waals surface area (Å²) in [5, 5.41) is 4.26. The van der Waals surface area contributed by atoms with Gasteiger partial charge in [0.1, 0.15) is 17.9 Å². The molecule has 2 aromatic heterocycles. The van der Waals surface area contributed by atoms with Crippen LogP contribution in [0, 0.1) is 6.92 Å². The van der Waals surface area contributed by atoms with Crippen molar-refractivity contribution >= 4 is 0 Å². The Hall–Kier alpha value is -3.03. The summed E-state index contributed by atoms with van der Waals surface area (Å²) < 4.78 is 36.8. The van der Waals surface area contributed by atoms with E-state index in [0.29, 0.717) is 36.0 Å². The summed E-state index contributed by atoms with van der Waals surface area (Å²) in [4.78, 5) is 8.46. The molecule has 6 nitrogen and oxygen atoms in total. The number of benzene rings is 1. The lowest BCUT2D eigenvalue weighted by molar-refractivity contribution is -0.0498. The van der Waals surface area contributed by atoms with E-state index >= 15 is 0 Å². The minimum Gasteiger partial charge on any atom is -0.478 e. The van der Waals surface area contributed by atoms with Gasteiger partial charge >= 0.3 is 6.61 Å². The monoisotopic (exact) mass is 360 g/mol. The Morgan fingerprint density at radius 3 is 2.73 bits per heavy atom. The van der Waals surface area contributed by atoms with Gasteiger partial charge in [-0.2, -0.15) is 13.9 Å². The lowest BCUT2D eigenvalue weighted by Gasteiger charge is -2.12. The molecule has 1 aromatic carbocycles. The fourth-order valence-electron chi connectivity index (χ4n) is 2.53. The maximum Gasteiger partial charge on any atom is 0.387 e. The fourth-order valence-corrected chi connectivity index (χ4v) is 2.53. The first-order chi connectivity index (χ1) is 12.5. The van der Waals surface area contributed by atoms with Crippen LogP contribution in [0.25, 0.3) is 11.1 Å². The van der Waals surface area contributed by atoms with E-state index in [1.807, 2.05) is 19.9 Å². The summed E-state index contributed by atoms with van der Waals surface area (Å²) in [6.07, 6.45) is 3.34. The van der Waals surface area contributed by atoms with Gasteiger partial charge in [-0.25, -0.2) is 14.6 Å². The fraction of sp³-hybridized carbons (Fsp3) is 0.278. The SMILES string of the molecule is CCOc1ncc(Cn2cnc(C)n2)cc1-c1cccc(OC(F)F)c1. The van der Waals surface area contributed by atoms with Crippen LogP contribution in [0.5, 0.6) is 11.6 Å². The van der Waals surface area contributed by atoms with Crippen molar-refractivity contribution in [2.45, 2.75) is 27.0 Å². The lowest BCUT2D eigenvalue weighted by atomic mass is 10.0. The van der Waals surface area contributed by atoms with Crippen molar-refractivity contribution in [3.05, 3.63) is 54.2 Å². The van der Waals surface area contributed by atoms with E-state index in [9.17, 15) is 8.78 Å². The maximum atomic E-state index is 12.5. The molecule has 0 unspecified atom stereocenters. The van der Waals surface area contributed by atoms with E-state index in [0.717, 1.165) is 5.56 Å². The van der Waals surface area contributed by atoms with Gasteiger partial charge < -0.3 is 9.47 Å². The Labute approximate surface area is 149 Å². The van der Waals surface area contributed by atoms with Crippen LogP contribution in [0.1, 0.15) is 18.3 Å². The third-order valence-corrected chi connectivity index (χ3v) is 3.55. The normalized spacial score (nSPS) is 11.0. The van der Waals surface area contributed by atoms with E-state index < -0.39 is 6.61 Å². The molecular weight excluding hydrogens is 342 g/mol. The minimum atomic E-state index is -2.88. The van der Waals surface area contributed by atoms with Crippen LogP contribution >= 0.6 is 0 Å². The third-order valence-electron chi connectivity index (χ3n) is 3.55. The first-order valence-corrected chi connectivity index (χ1v) is 8.08. The molecule has 0 fully saturated rings. The molecule has 136 valence electrons. The number of alkyl halides is 2. The topological polar surface area (TPSA) is 62.1 Å². The quantitative estimate of drug-likeness (QED) is 0.643. The van der Waals surface area contributed by atoms with E-state index in [1.54, 1.807) is 29.3 Å². The summed E-state index contributed by atoms with van der Waals surface area (Å²) in [6, 6.07) is 8.36. The highest BCUT2D eigenvalue weighted by molar-refractivity contribution is 5.70. The number of hydrogen-bond acceptors (Lipinski definition) is 5. The molecule has 26 heavy (non-hydrogen) atoms. The Balaban J connectivity index is 1.96. The average molecular weight is 360 g/mol. The average Bonchev–Trinajstić information content (AvgIpc) is 3.01. The number of rotatable bonds is 7. The maximum absolute atomic E-state index is 12.5. The van der Waals surface area contributed by atoms with E-state index in [4.69, 9.17) is 4.74 Å². The number of nitrogens with zero attached hydrogens (tertiary/aromatic N) is 4. The van der Waals surface area contributed by atoms with Crippen LogP contribution in [-0.4, -0.2) is 33.0 Å². The molecule has 0 atom stereocenters. The van der Waals surface area contributed by atoms with Crippen LogP contribution in [-0.2, 0) is 6.54 Å². The van der Waals surface area contributed by atoms with E-state index in [1.165, 1.54) is 12.1 Å². The zero-order valence-electron chi connectivity index (χ0n) is 14.4. The second-order valence-corrected chi connectivity index (χ2v) is 5.52. The number of pyridine rings is 1. The highest BCUT2D eigenvalue weighted by atomic mass is 19.3. The molecule has 0 aliphatic rings. The summed E-state index contributed by atoms with van der Waals surface area (Å²) >= 11 is 0. The van der Waals surface area contributed by atoms with Gasteiger partial charge in [0.15, 0.2) is 0 Å². The molecule has 0 aliphatic heterocycles. The molecule has 0 N–H and O–H groups in total. The number of hydrogen-bond donors (Lipinski definition) is 0. The van der Waals surface area contributed by atoms with E-state index in [-0.39, 0.29) is 5.75 Å². The molecule has 3 rings (SSSR count). The molecule has 0 saturated carbocycles. The molecule has 0 amide bonds. The number of ether oxygens (including phenoxy) is 2. The molecule has 0 saturated heterocycles. The Morgan fingerprint density at radius 2 is 2.04 bits per heavy atom. The van der Waals surface area contributed by atoms with Gasteiger partial charge in [0, 0.05) is 11.8 Å². The van der Waals surface area contributed by atoms with Crippen molar-refractivity contribution in [3.63, 3.8) is 0 Å². The molecular formula is C18H18F2N4O2. The van der Waals surface area contributed by atoms with Crippen LogP contribution in [0.15, 0.2) is 42.9 Å². The zero-order valence-corrected chi connectivity index (χ0v) is 14.4. The number of halogens is 2. The predicted octanol–water partition coefficient (Wildman–Crippen LogP) is 3.70. The second kappa shape index (κ2) is 7.90. The van der Waals surface area contributed by atoms with Gasteiger partial charge in [0.25, 0.3) is 0 Å². The van der Waals surface area contributed by atoms with Crippen LogP contribution < -0.4 is 9.47 Å². The molecule has 0 radical (unpaired) electrons. The van der Waals surface area contributed by atoms with E-state index in [2.05, 4.69) is 19.8 Å². The highest BCUT2D eigenvalue weighted by Gasteiger charge is 2.12. The molecule has 0 spiro atoms. The second-order valence-electron chi connectivity index (χ2n) is 5.52. The van der Waals surface area contributed by atoms with Crippen LogP contribution in [0.3, 0.4) is 0 Å². The van der Waals surface area contributed by atoms with Gasteiger partial charge in [0.05, 0.1) is 13.2 Å². The van der Waals surface area contributed by atoms with Crippen LogP contribution in [0.2, 0.25) is 0 Å². The molecule has 0 aliphatic carbocycles. The Morgan fingerprint density at radius 1 is 1.19 bits per heavy atom. The first kappa shape index (κ1) is 17.8.